The van der Waals surface area contributed by atoms with Gasteiger partial charge in [-0.2, -0.15) is 0 Å². The number of aliphatic hydroxyl groups excluding tert-OH is 1. The Morgan fingerprint density at radius 2 is 2.10 bits per heavy atom. The summed E-state index contributed by atoms with van der Waals surface area (Å²) in [4.78, 5) is 0. The zero-order valence-electron chi connectivity index (χ0n) is 6.51. The van der Waals surface area contributed by atoms with Crippen molar-refractivity contribution in [1.29, 1.82) is 0 Å². The Morgan fingerprint density at radius 1 is 1.70 bits per heavy atom. The number of hydrogen-bond donors (Lipinski definition) is 3. The van der Waals surface area contributed by atoms with Gasteiger partial charge in [-0.25, -0.2) is 0 Å². The first-order valence-corrected chi connectivity index (χ1v) is 3.53. The van der Waals surface area contributed by atoms with E-state index in [-0.39, 0.29) is 5.11 Å². The van der Waals surface area contributed by atoms with Crippen LogP contribution in [0.5, 0.6) is 0 Å². The average Bonchev–Trinajstić information content (AvgIpc) is 1.60. The lowest BCUT2D eigenvalue weighted by atomic mass is 9.99. The minimum absolute atomic E-state index is 0.214. The molecule has 0 saturated heterocycles. The van der Waals surface area contributed by atoms with Gasteiger partial charge >= 0.3 is 0 Å². The van der Waals surface area contributed by atoms with Crippen molar-refractivity contribution in [3.8, 4) is 0 Å². The fraction of sp³-hybridized carbons (Fsp3) is 0.833. The van der Waals surface area contributed by atoms with Gasteiger partial charge in [-0.15, -0.1) is 0 Å². The van der Waals surface area contributed by atoms with Gasteiger partial charge in [-0.05, 0) is 33.0 Å². The highest BCUT2D eigenvalue weighted by Crippen LogP contribution is 2.06. The number of rotatable bonds is 2. The van der Waals surface area contributed by atoms with Crippen molar-refractivity contribution in [3.05, 3.63) is 0 Å². The average molecular weight is 162 g/mol. The molecule has 0 radical (unpaired) electrons. The van der Waals surface area contributed by atoms with Crippen LogP contribution in [0.3, 0.4) is 0 Å². The molecule has 0 aromatic rings. The highest BCUT2D eigenvalue weighted by molar-refractivity contribution is 7.80. The van der Waals surface area contributed by atoms with Gasteiger partial charge in [0.15, 0.2) is 5.11 Å². The Balaban J connectivity index is 3.99. The van der Waals surface area contributed by atoms with Crippen LogP contribution in [-0.4, -0.2) is 21.9 Å². The Hall–Kier alpha value is -0.350. The minimum atomic E-state index is -0.478. The molecule has 0 heterocycles. The Labute approximate surface area is 66.6 Å². The Bertz CT molecular complexity index is 134. The first-order chi connectivity index (χ1) is 4.36. The molecule has 4 heteroatoms. The summed E-state index contributed by atoms with van der Waals surface area (Å²) < 4.78 is 0. The van der Waals surface area contributed by atoms with Crippen LogP contribution in [0.25, 0.3) is 0 Å². The molecule has 0 fully saturated rings. The van der Waals surface area contributed by atoms with E-state index in [0.29, 0.717) is 0 Å². The zero-order chi connectivity index (χ0) is 8.36. The summed E-state index contributed by atoms with van der Waals surface area (Å²) in [5, 5.41) is 12.1. The molecule has 0 unspecified atom stereocenters. The van der Waals surface area contributed by atoms with Crippen molar-refractivity contribution < 1.29 is 5.11 Å². The minimum Gasteiger partial charge on any atom is -0.391 e. The van der Waals surface area contributed by atoms with Crippen LogP contribution in [0.4, 0.5) is 0 Å². The summed E-state index contributed by atoms with van der Waals surface area (Å²) in [6.07, 6.45) is -0.478. The summed E-state index contributed by atoms with van der Waals surface area (Å²) in [7, 11) is 0. The van der Waals surface area contributed by atoms with Crippen molar-refractivity contribution in [2.75, 3.05) is 0 Å². The molecule has 4 N–H and O–H groups in total. The molecular formula is C6H14N2OS. The molecule has 1 atom stereocenters. The van der Waals surface area contributed by atoms with Gasteiger partial charge in [0.05, 0.1) is 11.6 Å². The highest BCUT2D eigenvalue weighted by Gasteiger charge is 2.23. The lowest BCUT2D eigenvalue weighted by Crippen LogP contribution is -2.52. The van der Waals surface area contributed by atoms with Gasteiger partial charge in [0, 0.05) is 0 Å². The van der Waals surface area contributed by atoms with E-state index in [0.717, 1.165) is 0 Å². The van der Waals surface area contributed by atoms with Gasteiger partial charge in [-0.3, -0.25) is 0 Å². The molecule has 0 spiro atoms. The van der Waals surface area contributed by atoms with Crippen molar-refractivity contribution >= 4 is 17.3 Å². The van der Waals surface area contributed by atoms with Crippen LogP contribution in [0, 0.1) is 0 Å². The second kappa shape index (κ2) is 3.16. The molecule has 3 nitrogen and oxygen atoms in total. The number of aliphatic hydroxyl groups is 1. The van der Waals surface area contributed by atoms with Gasteiger partial charge in [-0.1, -0.05) is 0 Å². The maximum absolute atomic E-state index is 9.15. The maximum Gasteiger partial charge on any atom is 0.164 e. The van der Waals surface area contributed by atoms with Crippen LogP contribution in [0.15, 0.2) is 0 Å². The van der Waals surface area contributed by atoms with E-state index >= 15 is 0 Å². The van der Waals surface area contributed by atoms with E-state index in [1.165, 1.54) is 0 Å². The van der Waals surface area contributed by atoms with E-state index in [4.69, 9.17) is 10.8 Å². The number of nitrogens with two attached hydrogens (primary N) is 1. The third-order valence-electron chi connectivity index (χ3n) is 1.49. The van der Waals surface area contributed by atoms with Crippen LogP contribution in [0.2, 0.25) is 0 Å². The maximum atomic E-state index is 9.15. The first kappa shape index (κ1) is 9.65. The highest BCUT2D eigenvalue weighted by atomic mass is 32.1. The first-order valence-electron chi connectivity index (χ1n) is 3.12. The van der Waals surface area contributed by atoms with Crippen LogP contribution in [-0.2, 0) is 0 Å². The molecule has 60 valence electrons. The molecule has 0 amide bonds. The fourth-order valence-corrected chi connectivity index (χ4v) is 0.685. The van der Waals surface area contributed by atoms with Gasteiger partial charge in [0.1, 0.15) is 0 Å². The molecule has 0 aliphatic heterocycles. The van der Waals surface area contributed by atoms with Gasteiger partial charge < -0.3 is 16.2 Å². The molecule has 0 aromatic heterocycles. The SMILES string of the molecule is C[C@H](O)C(C)(C)NC(N)=S. The normalized spacial score (nSPS) is 14.4. The van der Waals surface area contributed by atoms with Gasteiger partial charge in [0.25, 0.3) is 0 Å². The Kier molecular flexibility index (Phi) is 3.05. The predicted octanol–water partition coefficient (Wildman–Crippen LogP) is -0.0210. The Morgan fingerprint density at radius 3 is 2.20 bits per heavy atom. The number of nitrogens with one attached hydrogen (secondary N) is 1. The van der Waals surface area contributed by atoms with E-state index in [9.17, 15) is 0 Å². The smallest absolute Gasteiger partial charge is 0.164 e. The molecule has 0 rings (SSSR count). The quantitative estimate of drug-likeness (QED) is 0.499. The van der Waals surface area contributed by atoms with E-state index in [1.807, 2.05) is 13.8 Å². The van der Waals surface area contributed by atoms with E-state index in [1.54, 1.807) is 6.92 Å². The molecule has 0 aromatic carbocycles. The molecular weight excluding hydrogens is 148 g/mol. The van der Waals surface area contributed by atoms with Crippen LogP contribution >= 0.6 is 12.2 Å². The molecule has 10 heavy (non-hydrogen) atoms. The molecule has 0 saturated carbocycles. The number of hydrogen-bond acceptors (Lipinski definition) is 2. The summed E-state index contributed by atoms with van der Waals surface area (Å²) >= 11 is 4.62. The second-order valence-electron chi connectivity index (χ2n) is 2.89. The number of thiocarbonyl (C=S) groups is 1. The third-order valence-corrected chi connectivity index (χ3v) is 1.59. The van der Waals surface area contributed by atoms with Crippen LogP contribution in [0.1, 0.15) is 20.8 Å². The molecule has 0 aliphatic rings. The summed E-state index contributed by atoms with van der Waals surface area (Å²) in [5.74, 6) is 0. The lowest BCUT2D eigenvalue weighted by molar-refractivity contribution is 0.110. The topological polar surface area (TPSA) is 58.3 Å². The van der Waals surface area contributed by atoms with Crippen molar-refractivity contribution in [1.82, 2.24) is 5.32 Å². The largest absolute Gasteiger partial charge is 0.391 e. The zero-order valence-corrected chi connectivity index (χ0v) is 7.33. The van der Waals surface area contributed by atoms with Crippen LogP contribution < -0.4 is 11.1 Å². The summed E-state index contributed by atoms with van der Waals surface area (Å²) in [6, 6.07) is 0. The summed E-state index contributed by atoms with van der Waals surface area (Å²) in [6.45, 7) is 5.35. The second-order valence-corrected chi connectivity index (χ2v) is 3.33. The van der Waals surface area contributed by atoms with Gasteiger partial charge in [0.2, 0.25) is 0 Å². The fourth-order valence-electron chi connectivity index (χ4n) is 0.422. The molecule has 0 bridgehead atoms. The predicted molar refractivity (Wildman–Crippen MR) is 45.7 cm³/mol. The van der Waals surface area contributed by atoms with Crippen molar-refractivity contribution in [2.45, 2.75) is 32.4 Å². The standard InChI is InChI=1S/C6H14N2OS/c1-4(9)6(2,3)8-5(7)10/h4,9H,1-3H3,(H3,7,8,10)/t4-/m0/s1. The monoisotopic (exact) mass is 162 g/mol. The van der Waals surface area contributed by atoms with E-state index < -0.39 is 11.6 Å². The van der Waals surface area contributed by atoms with Crippen molar-refractivity contribution in [3.63, 3.8) is 0 Å². The molecule has 0 aliphatic carbocycles. The lowest BCUT2D eigenvalue weighted by Gasteiger charge is -2.29. The van der Waals surface area contributed by atoms with E-state index in [2.05, 4.69) is 17.5 Å². The van der Waals surface area contributed by atoms with Crippen molar-refractivity contribution in [2.24, 2.45) is 5.73 Å². The third kappa shape index (κ3) is 2.98. The summed E-state index contributed by atoms with van der Waals surface area (Å²) in [5.41, 5.74) is 4.79.